The molecule has 0 saturated carbocycles. The van der Waals surface area contributed by atoms with Crippen molar-refractivity contribution in [2.24, 2.45) is 0 Å². The second-order valence-corrected chi connectivity index (χ2v) is 3.62. The quantitative estimate of drug-likeness (QED) is 0.603. The van der Waals surface area contributed by atoms with Crippen molar-refractivity contribution in [2.75, 3.05) is 0 Å². The monoisotopic (exact) mass is 215 g/mol. The molecule has 72 valence electrons. The van der Waals surface area contributed by atoms with Crippen LogP contribution in [0.2, 0.25) is 0 Å². The third-order valence-corrected chi connectivity index (χ3v) is 2.69. The van der Waals surface area contributed by atoms with Crippen LogP contribution in [0.5, 0.6) is 0 Å². The zero-order valence-corrected chi connectivity index (χ0v) is 9.25. The summed E-state index contributed by atoms with van der Waals surface area (Å²) in [6.45, 7) is 2.01. The van der Waals surface area contributed by atoms with Gasteiger partial charge in [0.2, 0.25) is 0 Å². The Morgan fingerprint density at radius 3 is 2.46 bits per heavy atom. The highest BCUT2D eigenvalue weighted by Gasteiger charge is 1.95. The average molecular weight is 216 g/mol. The van der Waals surface area contributed by atoms with Gasteiger partial charge in [-0.15, -0.1) is 24.2 Å². The van der Waals surface area contributed by atoms with Gasteiger partial charge in [-0.25, -0.2) is 0 Å². The van der Waals surface area contributed by atoms with Gasteiger partial charge in [-0.05, 0) is 12.0 Å². The van der Waals surface area contributed by atoms with Gasteiger partial charge in [0.25, 0.3) is 0 Å². The van der Waals surface area contributed by atoms with Crippen LogP contribution in [0.4, 0.5) is 0 Å². The Hall–Kier alpha value is -0.470. The predicted octanol–water partition coefficient (Wildman–Crippen LogP) is 3.73. The number of rotatable bonds is 3. The molecule has 0 unspecified atom stereocenters. The van der Waals surface area contributed by atoms with Crippen molar-refractivity contribution in [1.29, 1.82) is 5.41 Å². The van der Waals surface area contributed by atoms with E-state index in [0.29, 0.717) is 0 Å². The van der Waals surface area contributed by atoms with Gasteiger partial charge in [-0.3, -0.25) is 5.41 Å². The third kappa shape index (κ3) is 4.96. The van der Waals surface area contributed by atoms with Gasteiger partial charge in [0.15, 0.2) is 0 Å². The number of nitrogens with one attached hydrogen (secondary N) is 1. The number of hydrogen-bond acceptors (Lipinski definition) is 2. The van der Waals surface area contributed by atoms with Crippen molar-refractivity contribution in [2.45, 2.75) is 19.1 Å². The first kappa shape index (κ1) is 12.5. The van der Waals surface area contributed by atoms with Crippen LogP contribution in [0.15, 0.2) is 30.3 Å². The minimum absolute atomic E-state index is 0. The van der Waals surface area contributed by atoms with Gasteiger partial charge in [-0.1, -0.05) is 37.3 Å². The molecule has 0 atom stereocenters. The van der Waals surface area contributed by atoms with Gasteiger partial charge in [0.05, 0.1) is 5.04 Å². The Bertz CT molecular complexity index is 248. The van der Waals surface area contributed by atoms with Gasteiger partial charge < -0.3 is 0 Å². The van der Waals surface area contributed by atoms with Crippen molar-refractivity contribution in [3.05, 3.63) is 35.9 Å². The summed E-state index contributed by atoms with van der Waals surface area (Å²) in [7, 11) is 0. The number of hydrogen-bond donors (Lipinski definition) is 1. The van der Waals surface area contributed by atoms with E-state index in [1.807, 2.05) is 25.1 Å². The van der Waals surface area contributed by atoms with Gasteiger partial charge >= 0.3 is 0 Å². The molecule has 0 aliphatic carbocycles. The fourth-order valence-electron chi connectivity index (χ4n) is 0.847. The minimum Gasteiger partial charge on any atom is -0.298 e. The summed E-state index contributed by atoms with van der Waals surface area (Å²) in [6, 6.07) is 10.3. The first-order chi connectivity index (χ1) is 5.83. The normalized spacial score (nSPS) is 9.00. The largest absolute Gasteiger partial charge is 0.298 e. The Morgan fingerprint density at radius 1 is 1.31 bits per heavy atom. The van der Waals surface area contributed by atoms with Crippen molar-refractivity contribution in [3.8, 4) is 0 Å². The SMILES string of the molecule is CCC(=N)SCc1ccccc1.Cl. The molecular weight excluding hydrogens is 202 g/mol. The van der Waals surface area contributed by atoms with Crippen molar-refractivity contribution >= 4 is 29.2 Å². The molecule has 0 spiro atoms. The molecule has 1 nitrogen and oxygen atoms in total. The Labute approximate surface area is 89.9 Å². The fourth-order valence-corrected chi connectivity index (χ4v) is 1.58. The van der Waals surface area contributed by atoms with Crippen molar-refractivity contribution < 1.29 is 0 Å². The summed E-state index contributed by atoms with van der Waals surface area (Å²) in [5.74, 6) is 0.924. The standard InChI is InChI=1S/C10H13NS.ClH/c1-2-10(11)12-8-9-6-4-3-5-7-9;/h3-7,11H,2,8H2,1H3;1H. The minimum atomic E-state index is 0. The van der Waals surface area contributed by atoms with E-state index in [9.17, 15) is 0 Å². The highest BCUT2D eigenvalue weighted by molar-refractivity contribution is 8.13. The molecule has 1 aromatic rings. The van der Waals surface area contributed by atoms with E-state index in [2.05, 4.69) is 12.1 Å². The van der Waals surface area contributed by atoms with E-state index in [-0.39, 0.29) is 12.4 Å². The van der Waals surface area contributed by atoms with Gasteiger partial charge in [0, 0.05) is 5.75 Å². The smallest absolute Gasteiger partial charge is 0.0641 e. The summed E-state index contributed by atoms with van der Waals surface area (Å²) >= 11 is 1.61. The molecule has 1 aromatic carbocycles. The van der Waals surface area contributed by atoms with Crippen molar-refractivity contribution in [1.82, 2.24) is 0 Å². The van der Waals surface area contributed by atoms with Gasteiger partial charge in [-0.2, -0.15) is 0 Å². The highest BCUT2D eigenvalue weighted by Crippen LogP contribution is 2.13. The third-order valence-electron chi connectivity index (χ3n) is 1.58. The fraction of sp³-hybridized carbons (Fsp3) is 0.300. The zero-order valence-electron chi connectivity index (χ0n) is 7.62. The summed E-state index contributed by atoms with van der Waals surface area (Å²) in [5, 5.41) is 8.21. The molecule has 0 aliphatic heterocycles. The lowest BCUT2D eigenvalue weighted by Gasteiger charge is -2.00. The molecule has 1 N–H and O–H groups in total. The molecule has 13 heavy (non-hydrogen) atoms. The topological polar surface area (TPSA) is 23.9 Å². The first-order valence-corrected chi connectivity index (χ1v) is 5.05. The summed E-state index contributed by atoms with van der Waals surface area (Å²) in [6.07, 6.45) is 0.845. The molecule has 0 aromatic heterocycles. The Balaban J connectivity index is 0.00000144. The van der Waals surface area contributed by atoms with Crippen LogP contribution in [0.25, 0.3) is 0 Å². The summed E-state index contributed by atoms with van der Waals surface area (Å²) in [5.41, 5.74) is 1.29. The second-order valence-electron chi connectivity index (χ2n) is 2.55. The lowest BCUT2D eigenvalue weighted by molar-refractivity contribution is 1.28. The van der Waals surface area contributed by atoms with Crippen LogP contribution in [-0.4, -0.2) is 5.04 Å². The van der Waals surface area contributed by atoms with Crippen LogP contribution in [0.1, 0.15) is 18.9 Å². The molecule has 0 aliphatic rings. The molecule has 0 heterocycles. The van der Waals surface area contributed by atoms with E-state index in [1.165, 1.54) is 5.56 Å². The van der Waals surface area contributed by atoms with E-state index < -0.39 is 0 Å². The van der Waals surface area contributed by atoms with Gasteiger partial charge in [0.1, 0.15) is 0 Å². The van der Waals surface area contributed by atoms with Crippen LogP contribution >= 0.6 is 24.2 Å². The maximum Gasteiger partial charge on any atom is 0.0641 e. The second kappa shape index (κ2) is 6.98. The molecule has 0 amide bonds. The molecule has 0 bridgehead atoms. The molecule has 0 saturated heterocycles. The Morgan fingerprint density at radius 2 is 1.92 bits per heavy atom. The number of thioether (sulfide) groups is 1. The molecule has 0 radical (unpaired) electrons. The molecular formula is C10H14ClNS. The lowest BCUT2D eigenvalue weighted by Crippen LogP contribution is -1.87. The molecule has 1 rings (SSSR count). The van der Waals surface area contributed by atoms with E-state index >= 15 is 0 Å². The Kier molecular flexibility index (Phi) is 6.73. The highest BCUT2D eigenvalue weighted by atomic mass is 35.5. The maximum absolute atomic E-state index is 7.45. The molecule has 3 heteroatoms. The summed E-state index contributed by atoms with van der Waals surface area (Å²) in [4.78, 5) is 0. The average Bonchev–Trinajstić information content (AvgIpc) is 2.16. The first-order valence-electron chi connectivity index (χ1n) is 4.07. The zero-order chi connectivity index (χ0) is 8.81. The van der Waals surface area contributed by atoms with E-state index in [1.54, 1.807) is 11.8 Å². The predicted molar refractivity (Wildman–Crippen MR) is 63.0 cm³/mol. The van der Waals surface area contributed by atoms with Crippen LogP contribution in [-0.2, 0) is 5.75 Å². The number of halogens is 1. The maximum atomic E-state index is 7.45. The van der Waals surface area contributed by atoms with Crippen LogP contribution in [0.3, 0.4) is 0 Å². The lowest BCUT2D eigenvalue weighted by atomic mass is 10.2. The van der Waals surface area contributed by atoms with E-state index in [4.69, 9.17) is 5.41 Å². The van der Waals surface area contributed by atoms with Crippen LogP contribution < -0.4 is 0 Å². The van der Waals surface area contributed by atoms with E-state index in [0.717, 1.165) is 17.2 Å². The van der Waals surface area contributed by atoms with Crippen LogP contribution in [0, 0.1) is 5.41 Å². The van der Waals surface area contributed by atoms with Crippen molar-refractivity contribution in [3.63, 3.8) is 0 Å². The number of benzene rings is 1. The molecule has 0 fully saturated rings. The summed E-state index contributed by atoms with van der Waals surface area (Å²) < 4.78 is 0.